The lowest BCUT2D eigenvalue weighted by molar-refractivity contribution is -0.119. The highest BCUT2D eigenvalue weighted by molar-refractivity contribution is 5.72. The van der Waals surface area contributed by atoms with Gasteiger partial charge in [0, 0.05) is 13.5 Å². The molecule has 0 bridgehead atoms. The first-order chi connectivity index (χ1) is 6.40. The van der Waals surface area contributed by atoms with Crippen LogP contribution in [0.3, 0.4) is 0 Å². The predicted molar refractivity (Wildman–Crippen MR) is 61.2 cm³/mol. The minimum Gasteiger partial charge on any atom is -0.356 e. The molecule has 0 aromatic carbocycles. The number of carbonyl (C=O) groups is 1. The van der Waals surface area contributed by atoms with Crippen molar-refractivity contribution in [3.63, 3.8) is 0 Å². The highest BCUT2D eigenvalue weighted by atomic mass is 16.1. The Labute approximate surface area is 88.5 Å². The van der Waals surface area contributed by atoms with E-state index < -0.39 is 0 Å². The Bertz CT molecular complexity index is 175. The number of amides is 1. The summed E-state index contributed by atoms with van der Waals surface area (Å²) < 4.78 is 0. The maximum atomic E-state index is 10.7. The summed E-state index contributed by atoms with van der Waals surface area (Å²) in [5.41, 5.74) is 0.396. The summed E-state index contributed by atoms with van der Waals surface area (Å²) in [6.45, 7) is 11.5. The number of hydrogen-bond donors (Lipinski definition) is 1. The molecule has 0 aromatic heterocycles. The summed E-state index contributed by atoms with van der Waals surface area (Å²) in [5, 5.41) is 2.85. The molecule has 1 atom stereocenters. The van der Waals surface area contributed by atoms with E-state index >= 15 is 0 Å². The van der Waals surface area contributed by atoms with Gasteiger partial charge in [0.2, 0.25) is 5.91 Å². The zero-order valence-corrected chi connectivity index (χ0v) is 10.3. The number of hydrogen-bond acceptors (Lipinski definition) is 1. The van der Waals surface area contributed by atoms with Crippen LogP contribution in [0.25, 0.3) is 0 Å². The molecular weight excluding hydrogens is 174 g/mol. The minimum atomic E-state index is 0.0745. The number of nitrogens with one attached hydrogen (secondary N) is 1. The third-order valence-electron chi connectivity index (χ3n) is 3.18. The monoisotopic (exact) mass is 199 g/mol. The van der Waals surface area contributed by atoms with Gasteiger partial charge in [-0.3, -0.25) is 4.79 Å². The Morgan fingerprint density at radius 3 is 2.43 bits per heavy atom. The summed E-state index contributed by atoms with van der Waals surface area (Å²) in [6.07, 6.45) is 3.57. The fraction of sp³-hybridized carbons (Fsp3) is 0.917. The van der Waals surface area contributed by atoms with E-state index in [1.54, 1.807) is 6.92 Å². The first kappa shape index (κ1) is 13.5. The van der Waals surface area contributed by atoms with Gasteiger partial charge in [0.05, 0.1) is 0 Å². The van der Waals surface area contributed by atoms with Crippen LogP contribution in [0.1, 0.15) is 53.9 Å². The molecule has 0 saturated heterocycles. The van der Waals surface area contributed by atoms with Gasteiger partial charge in [0.1, 0.15) is 0 Å². The highest BCUT2D eigenvalue weighted by Gasteiger charge is 2.24. The Morgan fingerprint density at radius 2 is 2.00 bits per heavy atom. The Balaban J connectivity index is 3.82. The second-order valence-corrected chi connectivity index (χ2v) is 4.91. The Hall–Kier alpha value is -0.530. The van der Waals surface area contributed by atoms with Crippen molar-refractivity contribution in [1.82, 2.24) is 5.32 Å². The van der Waals surface area contributed by atoms with Crippen LogP contribution in [-0.2, 0) is 4.79 Å². The lowest BCUT2D eigenvalue weighted by Crippen LogP contribution is -2.28. The van der Waals surface area contributed by atoms with E-state index in [1.807, 2.05) is 0 Å². The predicted octanol–water partition coefficient (Wildman–Crippen LogP) is 2.98. The smallest absolute Gasteiger partial charge is 0.216 e. The van der Waals surface area contributed by atoms with Gasteiger partial charge in [0.15, 0.2) is 0 Å². The maximum Gasteiger partial charge on any atom is 0.216 e. The van der Waals surface area contributed by atoms with E-state index in [9.17, 15) is 4.79 Å². The molecular formula is C12H25NO. The summed E-state index contributed by atoms with van der Waals surface area (Å²) in [6, 6.07) is 0. The molecule has 0 saturated carbocycles. The third-order valence-corrected chi connectivity index (χ3v) is 3.18. The summed E-state index contributed by atoms with van der Waals surface area (Å²) in [4.78, 5) is 10.7. The van der Waals surface area contributed by atoms with Crippen LogP contribution in [0, 0.1) is 11.3 Å². The van der Waals surface area contributed by atoms with Crippen molar-refractivity contribution in [1.29, 1.82) is 0 Å². The van der Waals surface area contributed by atoms with E-state index in [2.05, 4.69) is 33.0 Å². The van der Waals surface area contributed by atoms with Crippen LogP contribution in [-0.4, -0.2) is 12.5 Å². The van der Waals surface area contributed by atoms with Crippen molar-refractivity contribution in [2.24, 2.45) is 11.3 Å². The van der Waals surface area contributed by atoms with Crippen molar-refractivity contribution in [2.45, 2.75) is 53.9 Å². The molecule has 0 aliphatic rings. The molecule has 0 heterocycles. The van der Waals surface area contributed by atoms with E-state index in [-0.39, 0.29) is 5.91 Å². The Kier molecular flexibility index (Phi) is 5.82. The fourth-order valence-electron chi connectivity index (χ4n) is 1.75. The zero-order valence-electron chi connectivity index (χ0n) is 10.3. The van der Waals surface area contributed by atoms with E-state index in [1.165, 1.54) is 12.8 Å². The van der Waals surface area contributed by atoms with Gasteiger partial charge in [0.25, 0.3) is 0 Å². The molecule has 0 rings (SSSR count). The second kappa shape index (κ2) is 6.05. The summed E-state index contributed by atoms with van der Waals surface area (Å²) in [5.74, 6) is 0.736. The minimum absolute atomic E-state index is 0.0745. The van der Waals surface area contributed by atoms with Gasteiger partial charge in [-0.05, 0) is 24.2 Å². The first-order valence-corrected chi connectivity index (χ1v) is 5.64. The van der Waals surface area contributed by atoms with Gasteiger partial charge in [-0.15, -0.1) is 0 Å². The van der Waals surface area contributed by atoms with Gasteiger partial charge < -0.3 is 5.32 Å². The molecule has 0 radical (unpaired) electrons. The molecule has 14 heavy (non-hydrogen) atoms. The summed E-state index contributed by atoms with van der Waals surface area (Å²) in [7, 11) is 0. The molecule has 1 N–H and O–H groups in total. The zero-order chi connectivity index (χ0) is 11.2. The quantitative estimate of drug-likeness (QED) is 0.700. The van der Waals surface area contributed by atoms with Crippen molar-refractivity contribution in [2.75, 3.05) is 6.54 Å². The van der Waals surface area contributed by atoms with Crippen LogP contribution in [0.5, 0.6) is 0 Å². The molecule has 2 heteroatoms. The van der Waals surface area contributed by atoms with E-state index in [0.717, 1.165) is 13.0 Å². The molecule has 2 nitrogen and oxygen atoms in total. The molecule has 1 amide bonds. The average Bonchev–Trinajstić information content (AvgIpc) is 2.03. The lowest BCUT2D eigenvalue weighted by Gasteiger charge is -2.31. The fourth-order valence-corrected chi connectivity index (χ4v) is 1.75. The average molecular weight is 199 g/mol. The SMILES string of the molecule is CCCC(C)(C)[C@@H](C)CCNC(C)=O. The van der Waals surface area contributed by atoms with E-state index in [4.69, 9.17) is 0 Å². The van der Waals surface area contributed by atoms with Crippen molar-refractivity contribution in [3.8, 4) is 0 Å². The number of carbonyl (C=O) groups excluding carboxylic acids is 1. The third kappa shape index (κ3) is 5.25. The van der Waals surface area contributed by atoms with Crippen LogP contribution in [0.15, 0.2) is 0 Å². The normalized spacial score (nSPS) is 13.8. The maximum absolute atomic E-state index is 10.7. The second-order valence-electron chi connectivity index (χ2n) is 4.91. The topological polar surface area (TPSA) is 29.1 Å². The van der Waals surface area contributed by atoms with E-state index in [0.29, 0.717) is 11.3 Å². The molecule has 0 fully saturated rings. The molecule has 0 spiro atoms. The first-order valence-electron chi connectivity index (χ1n) is 5.64. The van der Waals surface area contributed by atoms with Crippen LogP contribution in [0.2, 0.25) is 0 Å². The van der Waals surface area contributed by atoms with Gasteiger partial charge in [-0.1, -0.05) is 34.1 Å². The molecule has 0 unspecified atom stereocenters. The molecule has 0 aromatic rings. The van der Waals surface area contributed by atoms with Crippen LogP contribution >= 0.6 is 0 Å². The van der Waals surface area contributed by atoms with Gasteiger partial charge in [-0.2, -0.15) is 0 Å². The largest absolute Gasteiger partial charge is 0.356 e. The standard InChI is InChI=1S/C12H25NO/c1-6-8-12(4,5)10(2)7-9-13-11(3)14/h10H,6-9H2,1-5H3,(H,13,14)/t10-/m0/s1. The lowest BCUT2D eigenvalue weighted by atomic mass is 9.75. The Morgan fingerprint density at radius 1 is 1.43 bits per heavy atom. The molecule has 84 valence electrons. The van der Waals surface area contributed by atoms with Crippen molar-refractivity contribution >= 4 is 5.91 Å². The van der Waals surface area contributed by atoms with Crippen LogP contribution in [0.4, 0.5) is 0 Å². The summed E-state index contributed by atoms with van der Waals surface area (Å²) >= 11 is 0. The molecule has 0 aliphatic heterocycles. The number of rotatable bonds is 6. The molecule has 0 aliphatic carbocycles. The van der Waals surface area contributed by atoms with Gasteiger partial charge >= 0.3 is 0 Å². The highest BCUT2D eigenvalue weighted by Crippen LogP contribution is 2.33. The van der Waals surface area contributed by atoms with Gasteiger partial charge in [-0.25, -0.2) is 0 Å². The van der Waals surface area contributed by atoms with Crippen LogP contribution < -0.4 is 5.32 Å². The van der Waals surface area contributed by atoms with Crippen molar-refractivity contribution < 1.29 is 4.79 Å². The van der Waals surface area contributed by atoms with Crippen molar-refractivity contribution in [3.05, 3.63) is 0 Å².